The normalized spacial score (nSPS) is 11.8. The Morgan fingerprint density at radius 3 is 1.76 bits per heavy atom. The number of allylic oxidation sites excluding steroid dienone is 1. The SMILES string of the molecule is CCCCOC(CCCCCCCCC/C=C/CCO)OCCCC. The molecule has 0 fully saturated rings. The molecule has 25 heavy (non-hydrogen) atoms. The molecule has 150 valence electrons. The van der Waals surface area contributed by atoms with Crippen LogP contribution < -0.4 is 0 Å². The third-order valence-electron chi connectivity index (χ3n) is 4.38. The van der Waals surface area contributed by atoms with Crippen molar-refractivity contribution >= 4 is 0 Å². The molecule has 0 aromatic heterocycles. The Morgan fingerprint density at radius 1 is 0.680 bits per heavy atom. The monoisotopic (exact) mass is 356 g/mol. The standard InChI is InChI=1S/C22H44O3/c1-3-5-20-24-22(25-21-6-4-2)18-16-14-12-10-8-7-9-11-13-15-17-19-23/h13,15,22-23H,3-12,14,16-21H2,1-2H3/b15-13+. The van der Waals surface area contributed by atoms with Gasteiger partial charge in [-0.25, -0.2) is 0 Å². The van der Waals surface area contributed by atoms with Gasteiger partial charge in [0.1, 0.15) is 0 Å². The van der Waals surface area contributed by atoms with Crippen molar-refractivity contribution in [3.05, 3.63) is 12.2 Å². The minimum absolute atomic E-state index is 0.0174. The summed E-state index contributed by atoms with van der Waals surface area (Å²) in [6.45, 7) is 6.33. The largest absolute Gasteiger partial charge is 0.396 e. The van der Waals surface area contributed by atoms with E-state index in [1.54, 1.807) is 0 Å². The fraction of sp³-hybridized carbons (Fsp3) is 0.909. The summed E-state index contributed by atoms with van der Waals surface area (Å²) < 4.78 is 11.8. The average Bonchev–Trinajstić information content (AvgIpc) is 2.62. The number of aliphatic hydroxyl groups excluding tert-OH is 1. The topological polar surface area (TPSA) is 38.7 Å². The van der Waals surface area contributed by atoms with Crippen LogP contribution in [0.2, 0.25) is 0 Å². The van der Waals surface area contributed by atoms with Crippen LogP contribution in [0.15, 0.2) is 12.2 Å². The minimum atomic E-state index is 0.0174. The summed E-state index contributed by atoms with van der Waals surface area (Å²) in [5.74, 6) is 0. The van der Waals surface area contributed by atoms with E-state index < -0.39 is 0 Å². The highest BCUT2D eigenvalue weighted by Gasteiger charge is 2.08. The molecule has 0 heterocycles. The lowest BCUT2D eigenvalue weighted by Crippen LogP contribution is -2.18. The van der Waals surface area contributed by atoms with Crippen LogP contribution in [0.4, 0.5) is 0 Å². The highest BCUT2D eigenvalue weighted by atomic mass is 16.7. The Balaban J connectivity index is 3.49. The van der Waals surface area contributed by atoms with Crippen LogP contribution in [-0.2, 0) is 9.47 Å². The summed E-state index contributed by atoms with van der Waals surface area (Å²) >= 11 is 0. The molecule has 0 rings (SSSR count). The van der Waals surface area contributed by atoms with Crippen molar-refractivity contribution < 1.29 is 14.6 Å². The molecule has 0 aliphatic carbocycles. The van der Waals surface area contributed by atoms with Crippen LogP contribution in [0.25, 0.3) is 0 Å². The Hall–Kier alpha value is -0.380. The third-order valence-corrected chi connectivity index (χ3v) is 4.38. The predicted molar refractivity (Wildman–Crippen MR) is 108 cm³/mol. The Bertz CT molecular complexity index is 256. The molecule has 0 unspecified atom stereocenters. The maximum absolute atomic E-state index is 8.68. The fourth-order valence-corrected chi connectivity index (χ4v) is 2.70. The average molecular weight is 357 g/mol. The summed E-state index contributed by atoms with van der Waals surface area (Å²) in [6.07, 6.45) is 21.1. The van der Waals surface area contributed by atoms with Gasteiger partial charge in [-0.3, -0.25) is 0 Å². The second-order valence-electron chi connectivity index (χ2n) is 6.91. The van der Waals surface area contributed by atoms with E-state index in [-0.39, 0.29) is 12.9 Å². The molecule has 0 aromatic carbocycles. The lowest BCUT2D eigenvalue weighted by molar-refractivity contribution is -0.147. The molecular weight excluding hydrogens is 312 g/mol. The lowest BCUT2D eigenvalue weighted by Gasteiger charge is -2.18. The van der Waals surface area contributed by atoms with Crippen molar-refractivity contribution in [3.8, 4) is 0 Å². The molecule has 0 atom stereocenters. The maximum Gasteiger partial charge on any atom is 0.157 e. The quantitative estimate of drug-likeness (QED) is 0.156. The van der Waals surface area contributed by atoms with Crippen LogP contribution >= 0.6 is 0 Å². The zero-order valence-electron chi connectivity index (χ0n) is 17.0. The van der Waals surface area contributed by atoms with Gasteiger partial charge in [0, 0.05) is 19.8 Å². The highest BCUT2D eigenvalue weighted by Crippen LogP contribution is 2.13. The number of rotatable bonds is 20. The number of hydrogen-bond acceptors (Lipinski definition) is 3. The molecule has 0 aliphatic heterocycles. The van der Waals surface area contributed by atoms with E-state index in [0.29, 0.717) is 0 Å². The first-order valence-corrected chi connectivity index (χ1v) is 10.8. The van der Waals surface area contributed by atoms with Gasteiger partial charge in [-0.05, 0) is 44.9 Å². The van der Waals surface area contributed by atoms with Crippen molar-refractivity contribution in [1.29, 1.82) is 0 Å². The van der Waals surface area contributed by atoms with Crippen molar-refractivity contribution in [2.75, 3.05) is 19.8 Å². The Kier molecular flexibility index (Phi) is 21.3. The number of hydrogen-bond donors (Lipinski definition) is 1. The molecule has 1 N–H and O–H groups in total. The van der Waals surface area contributed by atoms with Gasteiger partial charge in [0.15, 0.2) is 6.29 Å². The highest BCUT2D eigenvalue weighted by molar-refractivity contribution is 4.80. The first-order chi connectivity index (χ1) is 12.3. The molecular formula is C22H44O3. The molecule has 0 aliphatic rings. The Labute approximate surface area is 157 Å². The number of ether oxygens (including phenoxy) is 2. The summed E-state index contributed by atoms with van der Waals surface area (Å²) in [5.41, 5.74) is 0. The smallest absolute Gasteiger partial charge is 0.157 e. The lowest BCUT2D eigenvalue weighted by atomic mass is 10.1. The van der Waals surface area contributed by atoms with Crippen LogP contribution in [0.5, 0.6) is 0 Å². The van der Waals surface area contributed by atoms with Gasteiger partial charge >= 0.3 is 0 Å². The first kappa shape index (κ1) is 24.6. The molecule has 0 saturated carbocycles. The fourth-order valence-electron chi connectivity index (χ4n) is 2.70. The first-order valence-electron chi connectivity index (χ1n) is 10.8. The predicted octanol–water partition coefficient (Wildman–Crippen LogP) is 6.40. The summed E-state index contributed by atoms with van der Waals surface area (Å²) in [6, 6.07) is 0. The molecule has 0 amide bonds. The Morgan fingerprint density at radius 2 is 1.20 bits per heavy atom. The van der Waals surface area contributed by atoms with Crippen molar-refractivity contribution in [2.45, 2.75) is 110 Å². The van der Waals surface area contributed by atoms with Gasteiger partial charge in [0.2, 0.25) is 0 Å². The summed E-state index contributed by atoms with van der Waals surface area (Å²) in [4.78, 5) is 0. The maximum atomic E-state index is 8.68. The van der Waals surface area contributed by atoms with Crippen LogP contribution in [0.3, 0.4) is 0 Å². The number of unbranched alkanes of at least 4 members (excludes halogenated alkanes) is 9. The van der Waals surface area contributed by atoms with Gasteiger partial charge in [-0.2, -0.15) is 0 Å². The minimum Gasteiger partial charge on any atom is -0.396 e. The van der Waals surface area contributed by atoms with E-state index in [0.717, 1.165) is 45.3 Å². The second-order valence-corrected chi connectivity index (χ2v) is 6.91. The summed E-state index contributed by atoms with van der Waals surface area (Å²) in [7, 11) is 0. The van der Waals surface area contributed by atoms with Crippen LogP contribution in [0.1, 0.15) is 104 Å². The molecule has 0 radical (unpaired) electrons. The van der Waals surface area contributed by atoms with Crippen molar-refractivity contribution in [3.63, 3.8) is 0 Å². The van der Waals surface area contributed by atoms with E-state index >= 15 is 0 Å². The molecule has 0 bridgehead atoms. The molecule has 3 heteroatoms. The zero-order chi connectivity index (χ0) is 18.4. The van der Waals surface area contributed by atoms with Crippen LogP contribution in [0, 0.1) is 0 Å². The third kappa shape index (κ3) is 19.8. The van der Waals surface area contributed by atoms with E-state index in [1.807, 2.05) is 0 Å². The van der Waals surface area contributed by atoms with E-state index in [4.69, 9.17) is 14.6 Å². The van der Waals surface area contributed by atoms with Crippen LogP contribution in [-0.4, -0.2) is 31.2 Å². The van der Waals surface area contributed by atoms with Gasteiger partial charge in [0.25, 0.3) is 0 Å². The van der Waals surface area contributed by atoms with Crippen molar-refractivity contribution in [1.82, 2.24) is 0 Å². The van der Waals surface area contributed by atoms with E-state index in [2.05, 4.69) is 26.0 Å². The van der Waals surface area contributed by atoms with Gasteiger partial charge in [-0.1, -0.05) is 70.9 Å². The van der Waals surface area contributed by atoms with Gasteiger partial charge < -0.3 is 14.6 Å². The van der Waals surface area contributed by atoms with E-state index in [1.165, 1.54) is 57.8 Å². The summed E-state index contributed by atoms with van der Waals surface area (Å²) in [5, 5.41) is 8.68. The molecule has 0 aromatic rings. The molecule has 3 nitrogen and oxygen atoms in total. The van der Waals surface area contributed by atoms with Gasteiger partial charge in [-0.15, -0.1) is 0 Å². The zero-order valence-corrected chi connectivity index (χ0v) is 17.0. The van der Waals surface area contributed by atoms with Gasteiger partial charge in [0.05, 0.1) is 0 Å². The second kappa shape index (κ2) is 21.7. The molecule has 0 saturated heterocycles. The number of aliphatic hydroxyl groups is 1. The van der Waals surface area contributed by atoms with E-state index in [9.17, 15) is 0 Å². The van der Waals surface area contributed by atoms with Crippen molar-refractivity contribution in [2.24, 2.45) is 0 Å². The molecule has 0 spiro atoms.